The molecule has 0 saturated carbocycles. The Labute approximate surface area is 492 Å². The summed E-state index contributed by atoms with van der Waals surface area (Å²) in [6.45, 7) is 5.81. The minimum absolute atomic E-state index is 0.129. The lowest BCUT2D eigenvalue weighted by atomic mass is 9.99. The van der Waals surface area contributed by atoms with E-state index in [1.54, 1.807) is 6.08 Å². The number of carbonyl (C=O) groups excluding carboxylic acids is 2. The van der Waals surface area contributed by atoms with E-state index in [-0.39, 0.29) is 13.0 Å². The van der Waals surface area contributed by atoms with Crippen molar-refractivity contribution in [3.63, 3.8) is 0 Å². The molecule has 1 saturated heterocycles. The third-order valence-corrected chi connectivity index (χ3v) is 16.3. The first-order valence-corrected chi connectivity index (χ1v) is 34.3. The second-order valence-corrected chi connectivity index (χ2v) is 23.9. The zero-order valence-electron chi connectivity index (χ0n) is 52.2. The maximum absolute atomic E-state index is 13.5. The summed E-state index contributed by atoms with van der Waals surface area (Å²) in [6.07, 6.45) is 58.9. The Bertz CT molecular complexity index is 1440. The number of carbonyl (C=O) groups is 2. The van der Waals surface area contributed by atoms with Crippen LogP contribution in [0.2, 0.25) is 0 Å². The van der Waals surface area contributed by atoms with Gasteiger partial charge in [-0.05, 0) is 57.8 Å². The molecule has 0 spiro atoms. The lowest BCUT2D eigenvalue weighted by molar-refractivity contribution is -0.305. The molecule has 1 aliphatic heterocycles. The number of aliphatic hydroxyl groups is 5. The SMILES string of the molecule is CCCCC/C=C\C/C=C\CCCCCCCCCCCCCCC(O)C(=O)NC(COC1OC(CO)C(O)C(O)C1OC(=O)CCCCCCCCCCCCCCCCCCC)C(O)/C=C/CCCCCCCCCCCC. The summed E-state index contributed by atoms with van der Waals surface area (Å²) in [5, 5.41) is 57.2. The van der Waals surface area contributed by atoms with Crippen molar-refractivity contribution in [1.29, 1.82) is 0 Å². The first-order valence-electron chi connectivity index (χ1n) is 34.3. The molecule has 0 aromatic carbocycles. The van der Waals surface area contributed by atoms with Crippen LogP contribution in [0.1, 0.15) is 329 Å². The van der Waals surface area contributed by atoms with Crippen molar-refractivity contribution in [3.8, 4) is 0 Å². The fourth-order valence-electron chi connectivity index (χ4n) is 10.9. The molecule has 1 heterocycles. The van der Waals surface area contributed by atoms with Crippen molar-refractivity contribution >= 4 is 11.9 Å². The summed E-state index contributed by atoms with van der Waals surface area (Å²) in [5.74, 6) is -1.18. The van der Waals surface area contributed by atoms with Crippen molar-refractivity contribution in [2.45, 2.75) is 378 Å². The number of allylic oxidation sites excluding steroid dienone is 5. The summed E-state index contributed by atoms with van der Waals surface area (Å²) in [4.78, 5) is 26.6. The average molecular weight is 1130 g/mol. The number of hydrogen-bond acceptors (Lipinski definition) is 10. The Hall–Kier alpha value is -2.12. The molecule has 1 amide bonds. The Morgan fingerprint density at radius 2 is 0.863 bits per heavy atom. The molecule has 80 heavy (non-hydrogen) atoms. The standard InChI is InChI=1S/C69H129NO10/c1-4-7-10-13-16-19-22-25-27-29-30-31-32-33-35-36-38-41-44-47-50-53-56-62(73)68(77)70-60(61(72)55-52-49-46-43-40-24-21-18-15-12-9-6-3)59-78-69-67(66(76)65(75)63(58-71)79-69)80-64(74)57-54-51-48-45-42-39-37-34-28-26-23-20-17-14-11-8-5-2/h16,19,25,27,52,55,60-63,65-67,69,71-73,75-76H,4-15,17-18,20-24,26,28-51,53-54,56-59H2,1-3H3,(H,70,77)/b19-16-,27-25-,55-52+. The van der Waals surface area contributed by atoms with Crippen LogP contribution in [0.3, 0.4) is 0 Å². The summed E-state index contributed by atoms with van der Waals surface area (Å²) >= 11 is 0. The molecule has 470 valence electrons. The highest BCUT2D eigenvalue weighted by atomic mass is 16.7. The molecular formula is C69H129NO10. The van der Waals surface area contributed by atoms with Gasteiger partial charge >= 0.3 is 5.97 Å². The number of ether oxygens (including phenoxy) is 3. The van der Waals surface area contributed by atoms with Crippen LogP contribution in [0, 0.1) is 0 Å². The van der Waals surface area contributed by atoms with Crippen LogP contribution >= 0.6 is 0 Å². The van der Waals surface area contributed by atoms with Crippen molar-refractivity contribution < 1.29 is 49.3 Å². The van der Waals surface area contributed by atoms with E-state index >= 15 is 0 Å². The average Bonchev–Trinajstić information content (AvgIpc) is 3.48. The Morgan fingerprint density at radius 3 is 1.30 bits per heavy atom. The van der Waals surface area contributed by atoms with Crippen LogP contribution in [-0.2, 0) is 23.8 Å². The monoisotopic (exact) mass is 1130 g/mol. The smallest absolute Gasteiger partial charge is 0.306 e. The lowest BCUT2D eigenvalue weighted by Crippen LogP contribution is -2.61. The molecule has 0 radical (unpaired) electrons. The number of hydrogen-bond donors (Lipinski definition) is 6. The third kappa shape index (κ3) is 44.4. The zero-order valence-corrected chi connectivity index (χ0v) is 52.2. The van der Waals surface area contributed by atoms with E-state index in [1.165, 1.54) is 218 Å². The minimum atomic E-state index is -1.61. The van der Waals surface area contributed by atoms with Crippen LogP contribution in [0.4, 0.5) is 0 Å². The minimum Gasteiger partial charge on any atom is -0.454 e. The second-order valence-electron chi connectivity index (χ2n) is 23.9. The van der Waals surface area contributed by atoms with Gasteiger partial charge in [-0.25, -0.2) is 0 Å². The van der Waals surface area contributed by atoms with Crippen molar-refractivity contribution in [1.82, 2.24) is 5.32 Å². The Balaban J connectivity index is 2.60. The highest BCUT2D eigenvalue weighted by Gasteiger charge is 2.47. The van der Waals surface area contributed by atoms with Crippen LogP contribution < -0.4 is 5.32 Å². The van der Waals surface area contributed by atoms with Gasteiger partial charge in [0.1, 0.15) is 24.4 Å². The number of aliphatic hydroxyl groups excluding tert-OH is 5. The summed E-state index contributed by atoms with van der Waals surface area (Å²) < 4.78 is 17.7. The summed E-state index contributed by atoms with van der Waals surface area (Å²) in [6, 6.07) is -1.02. The van der Waals surface area contributed by atoms with Gasteiger partial charge in [0.15, 0.2) is 12.4 Å². The van der Waals surface area contributed by atoms with Gasteiger partial charge in [0.25, 0.3) is 0 Å². The number of nitrogens with one attached hydrogen (secondary N) is 1. The summed E-state index contributed by atoms with van der Waals surface area (Å²) in [7, 11) is 0. The van der Waals surface area contributed by atoms with Gasteiger partial charge in [0, 0.05) is 6.42 Å². The topological polar surface area (TPSA) is 175 Å². The van der Waals surface area contributed by atoms with Gasteiger partial charge in [-0.3, -0.25) is 9.59 Å². The van der Waals surface area contributed by atoms with Crippen LogP contribution in [-0.4, -0.2) is 99.6 Å². The van der Waals surface area contributed by atoms with E-state index in [1.807, 2.05) is 6.08 Å². The molecule has 11 heteroatoms. The van der Waals surface area contributed by atoms with Crippen molar-refractivity contribution in [2.24, 2.45) is 0 Å². The highest BCUT2D eigenvalue weighted by molar-refractivity contribution is 5.80. The van der Waals surface area contributed by atoms with Gasteiger partial charge in [-0.15, -0.1) is 0 Å². The van der Waals surface area contributed by atoms with E-state index in [0.717, 1.165) is 64.2 Å². The van der Waals surface area contributed by atoms with Crippen LogP contribution in [0.25, 0.3) is 0 Å². The molecule has 6 N–H and O–H groups in total. The largest absolute Gasteiger partial charge is 0.454 e. The zero-order chi connectivity index (χ0) is 58.2. The first-order chi connectivity index (χ1) is 39.2. The number of esters is 1. The fraction of sp³-hybridized carbons (Fsp3) is 0.884. The van der Waals surface area contributed by atoms with E-state index in [9.17, 15) is 35.1 Å². The molecule has 1 rings (SSSR count). The summed E-state index contributed by atoms with van der Waals surface area (Å²) in [5.41, 5.74) is 0. The van der Waals surface area contributed by atoms with E-state index in [0.29, 0.717) is 19.3 Å². The van der Waals surface area contributed by atoms with Gasteiger partial charge in [-0.1, -0.05) is 301 Å². The molecule has 0 aromatic heterocycles. The van der Waals surface area contributed by atoms with Gasteiger partial charge in [0.2, 0.25) is 5.91 Å². The maximum atomic E-state index is 13.5. The Morgan fingerprint density at radius 1 is 0.487 bits per heavy atom. The maximum Gasteiger partial charge on any atom is 0.306 e. The highest BCUT2D eigenvalue weighted by Crippen LogP contribution is 2.26. The van der Waals surface area contributed by atoms with E-state index < -0.39 is 67.4 Å². The predicted molar refractivity (Wildman–Crippen MR) is 334 cm³/mol. The van der Waals surface area contributed by atoms with Gasteiger partial charge < -0.3 is 45.1 Å². The number of rotatable bonds is 59. The van der Waals surface area contributed by atoms with Gasteiger partial charge in [-0.2, -0.15) is 0 Å². The molecule has 1 aliphatic rings. The quantitative estimate of drug-likeness (QED) is 0.0195. The van der Waals surface area contributed by atoms with E-state index in [4.69, 9.17) is 14.2 Å². The fourth-order valence-corrected chi connectivity index (χ4v) is 10.9. The third-order valence-electron chi connectivity index (χ3n) is 16.3. The molecule has 0 bridgehead atoms. The van der Waals surface area contributed by atoms with Crippen molar-refractivity contribution in [3.05, 3.63) is 36.5 Å². The normalized spacial score (nSPS) is 18.9. The molecule has 8 unspecified atom stereocenters. The van der Waals surface area contributed by atoms with Gasteiger partial charge in [0.05, 0.1) is 25.4 Å². The van der Waals surface area contributed by atoms with Crippen LogP contribution in [0.15, 0.2) is 36.5 Å². The number of amides is 1. The van der Waals surface area contributed by atoms with Crippen molar-refractivity contribution in [2.75, 3.05) is 13.2 Å². The Kier molecular flexibility index (Phi) is 54.4. The van der Waals surface area contributed by atoms with E-state index in [2.05, 4.69) is 50.4 Å². The second kappa shape index (κ2) is 57.3. The molecule has 0 aromatic rings. The molecule has 11 nitrogen and oxygen atoms in total. The predicted octanol–water partition coefficient (Wildman–Crippen LogP) is 17.0. The molecule has 0 aliphatic carbocycles. The first kappa shape index (κ1) is 75.9. The van der Waals surface area contributed by atoms with Crippen LogP contribution in [0.5, 0.6) is 0 Å². The number of unbranched alkanes of at least 4 members (excludes halogenated alkanes) is 41. The molecular weight excluding hydrogens is 1000 g/mol. The lowest BCUT2D eigenvalue weighted by Gasteiger charge is -2.41. The molecule has 8 atom stereocenters. The molecule has 1 fully saturated rings.